The van der Waals surface area contributed by atoms with E-state index in [0.29, 0.717) is 0 Å². The first-order valence-electron chi connectivity index (χ1n) is 4.92. The number of rotatable bonds is 2. The van der Waals surface area contributed by atoms with E-state index in [0.717, 1.165) is 6.42 Å². The van der Waals surface area contributed by atoms with E-state index in [2.05, 4.69) is 12.1 Å². The van der Waals surface area contributed by atoms with Crippen LogP contribution in [0.2, 0.25) is 0 Å². The third kappa shape index (κ3) is 7.15. The van der Waals surface area contributed by atoms with Gasteiger partial charge in [-0.25, -0.2) is 18.2 Å². The number of nitrogens with two attached hydrogens (primary N) is 1. The van der Waals surface area contributed by atoms with Gasteiger partial charge < -0.3 is 5.73 Å². The van der Waals surface area contributed by atoms with Gasteiger partial charge in [0, 0.05) is 0 Å². The summed E-state index contributed by atoms with van der Waals surface area (Å²) in [6.45, 7) is 2.02. The second-order valence-corrected chi connectivity index (χ2v) is 3.44. The topological polar surface area (TPSA) is 26.0 Å². The molecule has 2 N–H and O–H groups in total. The van der Waals surface area contributed by atoms with Crippen LogP contribution in [-0.4, -0.2) is 6.04 Å². The van der Waals surface area contributed by atoms with Crippen LogP contribution in [0.15, 0.2) is 54.6 Å². The third-order valence-electron chi connectivity index (χ3n) is 1.84. The summed E-state index contributed by atoms with van der Waals surface area (Å²) in [5, 5.41) is 0. The first kappa shape index (κ1) is 14.2. The van der Waals surface area contributed by atoms with Crippen molar-refractivity contribution in [3.05, 3.63) is 60.2 Å². The molecule has 0 aliphatic rings. The van der Waals surface area contributed by atoms with E-state index >= 15 is 0 Å². The summed E-state index contributed by atoms with van der Waals surface area (Å²) in [5.74, 6) is 0. The van der Waals surface area contributed by atoms with Crippen molar-refractivity contribution in [2.24, 2.45) is 5.73 Å². The van der Waals surface area contributed by atoms with Gasteiger partial charge in [-0.15, -0.1) is 0 Å². The van der Waals surface area contributed by atoms with E-state index in [-0.39, 0.29) is 23.1 Å². The Morgan fingerprint density at radius 1 is 1.20 bits per heavy atom. The molecule has 0 aliphatic carbocycles. The molecule has 0 fully saturated rings. The van der Waals surface area contributed by atoms with Gasteiger partial charge in [0.25, 0.3) is 0 Å². The molecular formula is C13H17FeN. The average molecular weight is 243 g/mol. The maximum atomic E-state index is 5.58. The molecule has 0 aromatic heterocycles. The molecule has 2 rings (SSSR count). The fourth-order valence-electron chi connectivity index (χ4n) is 1.24. The van der Waals surface area contributed by atoms with Crippen LogP contribution in [-0.2, 0) is 23.5 Å². The Bertz CT molecular complexity index is 278. The normalized spacial score (nSPS) is 10.8. The molecule has 0 bridgehead atoms. The van der Waals surface area contributed by atoms with E-state index in [4.69, 9.17) is 5.73 Å². The summed E-state index contributed by atoms with van der Waals surface area (Å²) in [4.78, 5) is 0. The monoisotopic (exact) mass is 243 g/mol. The van der Waals surface area contributed by atoms with Crippen molar-refractivity contribution in [1.29, 1.82) is 0 Å². The van der Waals surface area contributed by atoms with Gasteiger partial charge in [-0.2, -0.15) is 42.0 Å². The van der Waals surface area contributed by atoms with Gasteiger partial charge in [0.15, 0.2) is 0 Å². The largest absolute Gasteiger partial charge is 2.00 e. The molecule has 2 aromatic carbocycles. The van der Waals surface area contributed by atoms with E-state index in [1.54, 1.807) is 0 Å². The zero-order chi connectivity index (χ0) is 10.2. The first-order valence-corrected chi connectivity index (χ1v) is 4.92. The van der Waals surface area contributed by atoms with Crippen LogP contribution in [0.3, 0.4) is 0 Å². The zero-order valence-corrected chi connectivity index (χ0v) is 10.0. The zero-order valence-electron chi connectivity index (χ0n) is 8.91. The Morgan fingerprint density at radius 2 is 1.87 bits per heavy atom. The van der Waals surface area contributed by atoms with E-state index in [9.17, 15) is 0 Å². The molecule has 2 heteroatoms. The first-order chi connectivity index (χ1) is 6.79. The van der Waals surface area contributed by atoms with Gasteiger partial charge in [-0.05, 0) is 6.04 Å². The SMILES string of the molecule is CC(N)Cc1cc[cH-]c1.[Fe+2].c1cc[cH-]c1. The molecule has 0 saturated heterocycles. The van der Waals surface area contributed by atoms with Crippen LogP contribution >= 0.6 is 0 Å². The van der Waals surface area contributed by atoms with Gasteiger partial charge in [0.05, 0.1) is 0 Å². The quantitative estimate of drug-likeness (QED) is 0.637. The molecule has 82 valence electrons. The third-order valence-corrected chi connectivity index (χ3v) is 1.84. The minimum atomic E-state index is 0. The summed E-state index contributed by atoms with van der Waals surface area (Å²) >= 11 is 0. The van der Waals surface area contributed by atoms with Gasteiger partial charge >= 0.3 is 17.1 Å². The summed E-state index contributed by atoms with van der Waals surface area (Å²) in [7, 11) is 0. The Kier molecular flexibility index (Phi) is 8.02. The van der Waals surface area contributed by atoms with E-state index in [1.165, 1.54) is 5.56 Å². The molecule has 2 aromatic rings. The van der Waals surface area contributed by atoms with E-state index < -0.39 is 0 Å². The van der Waals surface area contributed by atoms with Gasteiger partial charge in [-0.1, -0.05) is 13.3 Å². The second-order valence-electron chi connectivity index (χ2n) is 3.44. The molecule has 0 amide bonds. The minimum absolute atomic E-state index is 0. The molecule has 0 aliphatic heterocycles. The van der Waals surface area contributed by atoms with Crippen molar-refractivity contribution < 1.29 is 17.1 Å². The second kappa shape index (κ2) is 8.48. The fourth-order valence-corrected chi connectivity index (χ4v) is 1.24. The number of hydrogen-bond acceptors (Lipinski definition) is 1. The summed E-state index contributed by atoms with van der Waals surface area (Å²) < 4.78 is 0. The standard InChI is InChI=1S/C8H12N.C5H5.Fe/c1-7(9)6-8-4-2-3-5-8;1-2-4-5-3-1;/h2-5,7H,6,9H2,1H3;1-5H;/q2*-1;+2. The van der Waals surface area contributed by atoms with Crippen LogP contribution in [0.1, 0.15) is 12.5 Å². The summed E-state index contributed by atoms with van der Waals surface area (Å²) in [6, 6.07) is 18.6. The molecule has 0 spiro atoms. The Hall–Kier alpha value is -0.821. The van der Waals surface area contributed by atoms with Crippen LogP contribution in [0.4, 0.5) is 0 Å². The molecule has 0 saturated carbocycles. The van der Waals surface area contributed by atoms with Gasteiger partial charge in [0.1, 0.15) is 0 Å². The minimum Gasteiger partial charge on any atom is -0.329 e. The Labute approximate surface area is 103 Å². The smallest absolute Gasteiger partial charge is 0.329 e. The van der Waals surface area contributed by atoms with Crippen molar-refractivity contribution in [3.63, 3.8) is 0 Å². The fraction of sp³-hybridized carbons (Fsp3) is 0.231. The molecule has 1 nitrogen and oxygen atoms in total. The van der Waals surface area contributed by atoms with Crippen molar-refractivity contribution >= 4 is 0 Å². The van der Waals surface area contributed by atoms with E-state index in [1.807, 2.05) is 49.4 Å². The van der Waals surface area contributed by atoms with Gasteiger partial charge in [0.2, 0.25) is 0 Å². The predicted molar refractivity (Wildman–Crippen MR) is 61.4 cm³/mol. The summed E-state index contributed by atoms with van der Waals surface area (Å²) in [5.41, 5.74) is 6.92. The molecular weight excluding hydrogens is 226 g/mol. The molecule has 1 unspecified atom stereocenters. The van der Waals surface area contributed by atoms with Crippen LogP contribution < -0.4 is 5.73 Å². The maximum absolute atomic E-state index is 5.58. The van der Waals surface area contributed by atoms with Gasteiger partial charge in [-0.3, -0.25) is 0 Å². The van der Waals surface area contributed by atoms with Crippen LogP contribution in [0.5, 0.6) is 0 Å². The molecule has 0 radical (unpaired) electrons. The Morgan fingerprint density at radius 3 is 2.20 bits per heavy atom. The van der Waals surface area contributed by atoms with Crippen molar-refractivity contribution in [2.45, 2.75) is 19.4 Å². The molecule has 0 heterocycles. The summed E-state index contributed by atoms with van der Waals surface area (Å²) in [6.07, 6.45) is 0.993. The van der Waals surface area contributed by atoms with Crippen molar-refractivity contribution in [2.75, 3.05) is 0 Å². The van der Waals surface area contributed by atoms with Crippen LogP contribution in [0, 0.1) is 0 Å². The Balaban J connectivity index is 0.000000280. The molecule has 15 heavy (non-hydrogen) atoms. The average Bonchev–Trinajstić information content (AvgIpc) is 2.75. The van der Waals surface area contributed by atoms with Crippen LogP contribution in [0.25, 0.3) is 0 Å². The maximum Gasteiger partial charge on any atom is 2.00 e. The van der Waals surface area contributed by atoms with Crippen molar-refractivity contribution in [1.82, 2.24) is 0 Å². The molecule has 1 atom stereocenters. The van der Waals surface area contributed by atoms with Crippen molar-refractivity contribution in [3.8, 4) is 0 Å². The number of hydrogen-bond donors (Lipinski definition) is 1. The predicted octanol–water partition coefficient (Wildman–Crippen LogP) is 2.70.